The van der Waals surface area contributed by atoms with E-state index in [1.54, 1.807) is 7.11 Å². The van der Waals surface area contributed by atoms with Gasteiger partial charge in [0.2, 0.25) is 11.8 Å². The largest absolute Gasteiger partial charge is 0.384 e. The van der Waals surface area contributed by atoms with Gasteiger partial charge in [-0.25, -0.2) is 0 Å². The lowest BCUT2D eigenvalue weighted by atomic mass is 9.90. The molecule has 6 heteroatoms. The van der Waals surface area contributed by atoms with Crippen LogP contribution in [0.1, 0.15) is 68.7 Å². The molecule has 0 aliphatic heterocycles. The van der Waals surface area contributed by atoms with Crippen LogP contribution in [0.3, 0.4) is 0 Å². The van der Waals surface area contributed by atoms with Crippen molar-refractivity contribution in [3.8, 4) is 0 Å². The summed E-state index contributed by atoms with van der Waals surface area (Å²) in [6, 6.07) is 0. The van der Waals surface area contributed by atoms with Gasteiger partial charge in [0, 0.05) is 38.5 Å². The first-order valence-electron chi connectivity index (χ1n) is 10.3. The third-order valence-corrected chi connectivity index (χ3v) is 3.91. The predicted octanol–water partition coefficient (Wildman–Crippen LogP) is 3.64. The Balaban J connectivity index is 0. The molecular weight excluding hydrogens is 356 g/mol. The van der Waals surface area contributed by atoms with E-state index < -0.39 is 0 Å². The van der Waals surface area contributed by atoms with Crippen LogP contribution in [0.15, 0.2) is 0 Å². The maximum absolute atomic E-state index is 10.9. The number of carbonyl (C=O) groups excluding carboxylic acids is 2. The highest BCUT2D eigenvalue weighted by molar-refractivity contribution is 5.77. The highest BCUT2D eigenvalue weighted by Crippen LogP contribution is 2.22. The monoisotopic (exact) mass is 402 g/mol. The molecule has 0 spiro atoms. The third-order valence-electron chi connectivity index (χ3n) is 3.91. The molecule has 0 radical (unpaired) electrons. The molecule has 6 nitrogen and oxygen atoms in total. The number of ether oxygens (including phenoxy) is 2. The second-order valence-corrected chi connectivity index (χ2v) is 9.78. The number of carbonyl (C=O) groups is 2. The van der Waals surface area contributed by atoms with Crippen molar-refractivity contribution in [3.63, 3.8) is 0 Å². The van der Waals surface area contributed by atoms with Crippen molar-refractivity contribution in [2.24, 2.45) is 22.7 Å². The number of hydrogen-bond donors (Lipinski definition) is 2. The number of hydrogen-bond acceptors (Lipinski definition) is 4. The minimum atomic E-state index is 0.0212. The number of methoxy groups -OCH3 is 1. The van der Waals surface area contributed by atoms with Gasteiger partial charge in [-0.2, -0.15) is 0 Å². The molecule has 0 saturated carbocycles. The van der Waals surface area contributed by atoms with Crippen LogP contribution < -0.4 is 10.6 Å². The third kappa shape index (κ3) is 19.6. The van der Waals surface area contributed by atoms with Gasteiger partial charge in [-0.1, -0.05) is 55.4 Å². The van der Waals surface area contributed by atoms with E-state index in [9.17, 15) is 9.59 Å². The molecule has 2 amide bonds. The van der Waals surface area contributed by atoms with Gasteiger partial charge in [0.25, 0.3) is 0 Å². The lowest BCUT2D eigenvalue weighted by Crippen LogP contribution is -2.31. The molecule has 0 atom stereocenters. The first-order valence-corrected chi connectivity index (χ1v) is 10.3. The lowest BCUT2D eigenvalue weighted by Gasteiger charge is -2.28. The van der Waals surface area contributed by atoms with Crippen LogP contribution in [0, 0.1) is 22.7 Å². The summed E-state index contributed by atoms with van der Waals surface area (Å²) in [6.07, 6.45) is 0.914. The van der Waals surface area contributed by atoms with Crippen LogP contribution in [0.2, 0.25) is 0 Å². The molecule has 28 heavy (non-hydrogen) atoms. The van der Waals surface area contributed by atoms with E-state index in [0.29, 0.717) is 32.3 Å². The highest BCUT2D eigenvalue weighted by Gasteiger charge is 2.22. The fourth-order valence-corrected chi connectivity index (χ4v) is 2.19. The van der Waals surface area contributed by atoms with Crippen molar-refractivity contribution in [1.29, 1.82) is 0 Å². The van der Waals surface area contributed by atoms with Gasteiger partial charge in [0.05, 0.1) is 19.8 Å². The Hall–Kier alpha value is -1.14. The molecule has 0 unspecified atom stereocenters. The highest BCUT2D eigenvalue weighted by atomic mass is 16.5. The maximum atomic E-state index is 10.9. The van der Waals surface area contributed by atoms with Crippen LogP contribution in [0.5, 0.6) is 0 Å². The van der Waals surface area contributed by atoms with Crippen molar-refractivity contribution in [2.75, 3.05) is 40.0 Å². The van der Waals surface area contributed by atoms with Gasteiger partial charge in [0.15, 0.2) is 0 Å². The maximum Gasteiger partial charge on any atom is 0.222 e. The SMILES string of the molecule is CC(C)CNC(=O)C(C)C.COCC(C)(C)COCC(C)(C)CCNC(C)=O. The van der Waals surface area contributed by atoms with Crippen molar-refractivity contribution in [2.45, 2.75) is 68.7 Å². The summed E-state index contributed by atoms with van der Waals surface area (Å²) in [5.74, 6) is 0.822. The second-order valence-electron chi connectivity index (χ2n) is 9.78. The number of rotatable bonds is 12. The summed E-state index contributed by atoms with van der Waals surface area (Å²) in [5, 5.41) is 5.66. The summed E-state index contributed by atoms with van der Waals surface area (Å²) in [4.78, 5) is 21.7. The molecule has 0 saturated heterocycles. The Morgan fingerprint density at radius 1 is 0.893 bits per heavy atom. The van der Waals surface area contributed by atoms with Gasteiger partial charge in [-0.15, -0.1) is 0 Å². The van der Waals surface area contributed by atoms with Crippen LogP contribution in [-0.4, -0.2) is 51.8 Å². The topological polar surface area (TPSA) is 76.7 Å². The van der Waals surface area contributed by atoms with Crippen LogP contribution in [0.25, 0.3) is 0 Å². The summed E-state index contributed by atoms with van der Waals surface area (Å²) >= 11 is 0. The molecule has 0 heterocycles. The van der Waals surface area contributed by atoms with Gasteiger partial charge < -0.3 is 20.1 Å². The van der Waals surface area contributed by atoms with Crippen LogP contribution in [-0.2, 0) is 19.1 Å². The van der Waals surface area contributed by atoms with E-state index in [1.165, 1.54) is 6.92 Å². The van der Waals surface area contributed by atoms with E-state index in [4.69, 9.17) is 9.47 Å². The van der Waals surface area contributed by atoms with E-state index >= 15 is 0 Å². The summed E-state index contributed by atoms with van der Waals surface area (Å²) < 4.78 is 10.9. The first kappa shape index (κ1) is 29.1. The zero-order valence-corrected chi connectivity index (χ0v) is 20.0. The average molecular weight is 403 g/mol. The second kappa shape index (κ2) is 14.8. The van der Waals surface area contributed by atoms with Gasteiger partial charge in [-0.05, 0) is 17.8 Å². The summed E-state index contributed by atoms with van der Waals surface area (Å²) in [6.45, 7) is 21.6. The zero-order chi connectivity index (χ0) is 22.4. The van der Waals surface area contributed by atoms with Gasteiger partial charge >= 0.3 is 0 Å². The number of nitrogens with one attached hydrogen (secondary N) is 2. The Bertz CT molecular complexity index is 432. The average Bonchev–Trinajstić information content (AvgIpc) is 2.51. The van der Waals surface area contributed by atoms with E-state index in [-0.39, 0.29) is 28.6 Å². The zero-order valence-electron chi connectivity index (χ0n) is 20.0. The van der Waals surface area contributed by atoms with Crippen LogP contribution >= 0.6 is 0 Å². The molecule has 0 rings (SSSR count). The van der Waals surface area contributed by atoms with E-state index in [1.807, 2.05) is 13.8 Å². The molecule has 0 aliphatic carbocycles. The Labute approximate surface area is 173 Å². The molecule has 0 aliphatic rings. The van der Waals surface area contributed by atoms with Crippen molar-refractivity contribution in [3.05, 3.63) is 0 Å². The number of amides is 2. The van der Waals surface area contributed by atoms with E-state index in [2.05, 4.69) is 52.2 Å². The summed E-state index contributed by atoms with van der Waals surface area (Å²) in [5.41, 5.74) is 0.119. The fraction of sp³-hybridized carbons (Fsp3) is 0.909. The first-order chi connectivity index (χ1) is 12.7. The van der Waals surface area contributed by atoms with Gasteiger partial charge in [-0.3, -0.25) is 9.59 Å². The molecule has 0 fully saturated rings. The Morgan fingerprint density at radius 2 is 1.43 bits per heavy atom. The standard InChI is InChI=1S/C14H29NO3.C8H17NO/c1-12(16)15-8-7-13(2,3)10-18-11-14(4,5)9-17-6;1-6(2)5-9-8(10)7(3)4/h7-11H2,1-6H3,(H,15,16);6-7H,5H2,1-4H3,(H,9,10). The molecule has 0 aromatic carbocycles. The summed E-state index contributed by atoms with van der Waals surface area (Å²) in [7, 11) is 1.71. The smallest absolute Gasteiger partial charge is 0.222 e. The molecule has 2 N–H and O–H groups in total. The molecular formula is C22H46N2O4. The Kier molecular flexibility index (Phi) is 15.4. The van der Waals surface area contributed by atoms with Crippen LogP contribution in [0.4, 0.5) is 0 Å². The fourth-order valence-electron chi connectivity index (χ4n) is 2.19. The van der Waals surface area contributed by atoms with Crippen molar-refractivity contribution >= 4 is 11.8 Å². The molecule has 0 bridgehead atoms. The predicted molar refractivity (Wildman–Crippen MR) is 116 cm³/mol. The van der Waals surface area contributed by atoms with Crippen molar-refractivity contribution in [1.82, 2.24) is 10.6 Å². The van der Waals surface area contributed by atoms with Crippen molar-refractivity contribution < 1.29 is 19.1 Å². The normalized spacial score (nSPS) is 11.9. The minimum Gasteiger partial charge on any atom is -0.384 e. The minimum absolute atomic E-state index is 0.0212. The Morgan fingerprint density at radius 3 is 1.86 bits per heavy atom. The molecule has 168 valence electrons. The van der Waals surface area contributed by atoms with E-state index in [0.717, 1.165) is 13.0 Å². The molecule has 0 aromatic rings. The van der Waals surface area contributed by atoms with Gasteiger partial charge in [0.1, 0.15) is 0 Å². The quantitative estimate of drug-likeness (QED) is 0.522. The molecule has 0 aromatic heterocycles. The lowest BCUT2D eigenvalue weighted by molar-refractivity contribution is -0.124.